The highest BCUT2D eigenvalue weighted by Crippen LogP contribution is 2.37. The summed E-state index contributed by atoms with van der Waals surface area (Å²) < 4.78 is 43.1. The largest absolute Gasteiger partial charge is 0.493 e. The zero-order valence-electron chi connectivity index (χ0n) is 9.40. The molecule has 0 radical (unpaired) electrons. The lowest BCUT2D eigenvalue weighted by Gasteiger charge is -2.14. The standard InChI is InChI=1S/C12H15F3O/c1-3-5-9-6-7-11(16-4-2)10(8-9)12(13,14)15/h6-8H,3-5H2,1-2H3. The minimum absolute atomic E-state index is 0.0881. The Balaban J connectivity index is 3.11. The van der Waals surface area contributed by atoms with E-state index in [0.717, 1.165) is 6.42 Å². The molecule has 0 aromatic heterocycles. The summed E-state index contributed by atoms with van der Waals surface area (Å²) in [7, 11) is 0. The Morgan fingerprint density at radius 1 is 1.19 bits per heavy atom. The molecule has 0 aliphatic rings. The fourth-order valence-corrected chi connectivity index (χ4v) is 1.52. The maximum Gasteiger partial charge on any atom is 0.419 e. The Kier molecular flexibility index (Phi) is 4.21. The predicted molar refractivity (Wildman–Crippen MR) is 56.6 cm³/mol. The maximum atomic E-state index is 12.7. The van der Waals surface area contributed by atoms with Gasteiger partial charge in [-0.25, -0.2) is 0 Å². The lowest BCUT2D eigenvalue weighted by Crippen LogP contribution is -2.09. The van der Waals surface area contributed by atoms with Crippen molar-refractivity contribution in [2.75, 3.05) is 6.61 Å². The molecule has 0 aliphatic heterocycles. The van der Waals surface area contributed by atoms with Gasteiger partial charge in [0.2, 0.25) is 0 Å². The van der Waals surface area contributed by atoms with E-state index < -0.39 is 11.7 Å². The van der Waals surface area contributed by atoms with Gasteiger partial charge in [-0.2, -0.15) is 13.2 Å². The molecule has 0 saturated heterocycles. The molecule has 0 amide bonds. The first-order valence-electron chi connectivity index (χ1n) is 5.32. The quantitative estimate of drug-likeness (QED) is 0.760. The Bertz CT molecular complexity index is 345. The Morgan fingerprint density at radius 3 is 2.38 bits per heavy atom. The van der Waals surface area contributed by atoms with Crippen molar-refractivity contribution in [3.05, 3.63) is 29.3 Å². The number of benzene rings is 1. The van der Waals surface area contributed by atoms with Gasteiger partial charge in [0.15, 0.2) is 0 Å². The molecular weight excluding hydrogens is 217 g/mol. The summed E-state index contributed by atoms with van der Waals surface area (Å²) in [5.74, 6) is -0.0881. The van der Waals surface area contributed by atoms with Gasteiger partial charge in [-0.15, -0.1) is 0 Å². The van der Waals surface area contributed by atoms with Crippen LogP contribution in [0.25, 0.3) is 0 Å². The highest BCUT2D eigenvalue weighted by atomic mass is 19.4. The molecule has 0 spiro atoms. The van der Waals surface area contributed by atoms with Crippen LogP contribution in [-0.4, -0.2) is 6.61 Å². The summed E-state index contributed by atoms with van der Waals surface area (Å²) >= 11 is 0. The van der Waals surface area contributed by atoms with Gasteiger partial charge in [0.1, 0.15) is 5.75 Å². The molecule has 90 valence electrons. The third-order valence-corrected chi connectivity index (χ3v) is 2.19. The molecular formula is C12H15F3O. The van der Waals surface area contributed by atoms with Gasteiger partial charge in [-0.1, -0.05) is 19.4 Å². The number of hydrogen-bond acceptors (Lipinski definition) is 1. The van der Waals surface area contributed by atoms with E-state index in [2.05, 4.69) is 0 Å². The Hall–Kier alpha value is -1.19. The van der Waals surface area contributed by atoms with Crippen LogP contribution in [0.5, 0.6) is 5.75 Å². The fourth-order valence-electron chi connectivity index (χ4n) is 1.52. The topological polar surface area (TPSA) is 9.23 Å². The third-order valence-electron chi connectivity index (χ3n) is 2.19. The molecule has 0 bridgehead atoms. The Morgan fingerprint density at radius 2 is 1.88 bits per heavy atom. The fraction of sp³-hybridized carbons (Fsp3) is 0.500. The van der Waals surface area contributed by atoms with Gasteiger partial charge in [0, 0.05) is 0 Å². The average Bonchev–Trinajstić information content (AvgIpc) is 2.19. The lowest BCUT2D eigenvalue weighted by atomic mass is 10.1. The number of hydrogen-bond donors (Lipinski definition) is 0. The van der Waals surface area contributed by atoms with Crippen LogP contribution in [0.4, 0.5) is 13.2 Å². The second-order valence-electron chi connectivity index (χ2n) is 3.51. The van der Waals surface area contributed by atoms with Crippen molar-refractivity contribution in [2.24, 2.45) is 0 Å². The van der Waals surface area contributed by atoms with E-state index in [4.69, 9.17) is 4.74 Å². The smallest absolute Gasteiger partial charge is 0.419 e. The average molecular weight is 232 g/mol. The minimum atomic E-state index is -4.35. The molecule has 1 aromatic carbocycles. The molecule has 0 fully saturated rings. The zero-order chi connectivity index (χ0) is 12.2. The highest BCUT2D eigenvalue weighted by molar-refractivity contribution is 5.39. The van der Waals surface area contributed by atoms with E-state index in [1.165, 1.54) is 12.1 Å². The van der Waals surface area contributed by atoms with Gasteiger partial charge in [-0.05, 0) is 31.0 Å². The van der Waals surface area contributed by atoms with Gasteiger partial charge in [-0.3, -0.25) is 0 Å². The van der Waals surface area contributed by atoms with Crippen LogP contribution in [-0.2, 0) is 12.6 Å². The molecule has 0 saturated carbocycles. The number of rotatable bonds is 4. The molecule has 0 heterocycles. The van der Waals surface area contributed by atoms with E-state index >= 15 is 0 Å². The molecule has 0 N–H and O–H groups in total. The normalized spacial score (nSPS) is 11.6. The predicted octanol–water partition coefficient (Wildman–Crippen LogP) is 4.06. The molecule has 1 nitrogen and oxygen atoms in total. The summed E-state index contributed by atoms with van der Waals surface area (Å²) in [6, 6.07) is 4.26. The van der Waals surface area contributed by atoms with Crippen molar-refractivity contribution in [1.29, 1.82) is 0 Å². The van der Waals surface area contributed by atoms with Crippen molar-refractivity contribution in [3.8, 4) is 5.75 Å². The molecule has 4 heteroatoms. The van der Waals surface area contributed by atoms with Crippen LogP contribution in [0, 0.1) is 0 Å². The number of halogens is 3. The number of ether oxygens (including phenoxy) is 1. The summed E-state index contributed by atoms with van der Waals surface area (Å²) in [6.45, 7) is 3.83. The lowest BCUT2D eigenvalue weighted by molar-refractivity contribution is -0.138. The second kappa shape index (κ2) is 5.23. The number of aryl methyl sites for hydroxylation is 1. The van der Waals surface area contributed by atoms with Crippen molar-refractivity contribution in [3.63, 3.8) is 0 Å². The van der Waals surface area contributed by atoms with Crippen molar-refractivity contribution in [1.82, 2.24) is 0 Å². The van der Waals surface area contributed by atoms with Gasteiger partial charge in [0.25, 0.3) is 0 Å². The van der Waals surface area contributed by atoms with Gasteiger partial charge < -0.3 is 4.74 Å². The van der Waals surface area contributed by atoms with E-state index in [9.17, 15) is 13.2 Å². The molecule has 1 rings (SSSR count). The molecule has 0 aliphatic carbocycles. The first kappa shape index (κ1) is 12.9. The minimum Gasteiger partial charge on any atom is -0.493 e. The zero-order valence-corrected chi connectivity index (χ0v) is 9.40. The van der Waals surface area contributed by atoms with Crippen LogP contribution >= 0.6 is 0 Å². The maximum absolute atomic E-state index is 12.7. The van der Waals surface area contributed by atoms with E-state index in [1.54, 1.807) is 13.0 Å². The van der Waals surface area contributed by atoms with E-state index in [1.807, 2.05) is 6.92 Å². The summed E-state index contributed by atoms with van der Waals surface area (Å²) in [4.78, 5) is 0. The summed E-state index contributed by atoms with van der Waals surface area (Å²) in [5.41, 5.74) is 0.0126. The van der Waals surface area contributed by atoms with E-state index in [-0.39, 0.29) is 12.4 Å². The van der Waals surface area contributed by atoms with Crippen LogP contribution in [0.15, 0.2) is 18.2 Å². The van der Waals surface area contributed by atoms with Gasteiger partial charge >= 0.3 is 6.18 Å². The van der Waals surface area contributed by atoms with Crippen molar-refractivity contribution in [2.45, 2.75) is 32.9 Å². The van der Waals surface area contributed by atoms with Crippen LogP contribution in [0.1, 0.15) is 31.4 Å². The van der Waals surface area contributed by atoms with E-state index in [0.29, 0.717) is 12.0 Å². The van der Waals surface area contributed by atoms with Crippen LogP contribution in [0.3, 0.4) is 0 Å². The third kappa shape index (κ3) is 3.15. The monoisotopic (exact) mass is 232 g/mol. The molecule has 16 heavy (non-hydrogen) atoms. The molecule has 1 aromatic rings. The van der Waals surface area contributed by atoms with Crippen molar-refractivity contribution < 1.29 is 17.9 Å². The first-order chi connectivity index (χ1) is 7.49. The SMILES string of the molecule is CCCc1ccc(OCC)c(C(F)(F)F)c1. The summed E-state index contributed by atoms with van der Waals surface area (Å²) in [5, 5.41) is 0. The van der Waals surface area contributed by atoms with Crippen molar-refractivity contribution >= 4 is 0 Å². The number of alkyl halides is 3. The Labute approximate surface area is 93.2 Å². The first-order valence-corrected chi connectivity index (χ1v) is 5.32. The summed E-state index contributed by atoms with van der Waals surface area (Å²) in [6.07, 6.45) is -2.88. The van der Waals surface area contributed by atoms with Crippen LogP contribution < -0.4 is 4.74 Å². The highest BCUT2D eigenvalue weighted by Gasteiger charge is 2.34. The van der Waals surface area contributed by atoms with Gasteiger partial charge in [0.05, 0.1) is 12.2 Å². The molecule has 0 unspecified atom stereocenters. The molecule has 0 atom stereocenters. The van der Waals surface area contributed by atoms with Crippen LogP contribution in [0.2, 0.25) is 0 Å². The second-order valence-corrected chi connectivity index (χ2v) is 3.51.